The Kier molecular flexibility index (Phi) is 2.27. The first-order chi connectivity index (χ1) is 7.50. The van der Waals surface area contributed by atoms with Gasteiger partial charge in [-0.2, -0.15) is 4.37 Å². The van der Waals surface area contributed by atoms with Gasteiger partial charge < -0.3 is 0 Å². The molecule has 0 radical (unpaired) electrons. The average Bonchev–Trinajstić information content (AvgIpc) is 2.59. The maximum Gasteiger partial charge on any atom is 0.303 e. The van der Waals surface area contributed by atoms with Gasteiger partial charge in [-0.3, -0.25) is 20.2 Å². The molecule has 16 heavy (non-hydrogen) atoms. The topological polar surface area (TPSA) is 99.2 Å². The van der Waals surface area contributed by atoms with Gasteiger partial charge in [-0.25, -0.2) is 0 Å². The first-order valence-corrected chi connectivity index (χ1v) is 4.97. The molecule has 8 heteroatoms. The number of nitro groups is 2. The van der Waals surface area contributed by atoms with Crippen molar-refractivity contribution >= 4 is 33.8 Å². The van der Waals surface area contributed by atoms with Gasteiger partial charge >= 0.3 is 5.69 Å². The average molecular weight is 239 g/mol. The van der Waals surface area contributed by atoms with Gasteiger partial charge in [0.25, 0.3) is 5.69 Å². The number of hydrogen-bond acceptors (Lipinski definition) is 6. The maximum absolute atomic E-state index is 10.7. The zero-order valence-electron chi connectivity index (χ0n) is 8.04. The Labute approximate surface area is 92.8 Å². The van der Waals surface area contributed by atoms with Crippen LogP contribution in [0.15, 0.2) is 12.1 Å². The van der Waals surface area contributed by atoms with E-state index in [-0.39, 0.29) is 16.9 Å². The van der Waals surface area contributed by atoms with E-state index in [9.17, 15) is 20.2 Å². The summed E-state index contributed by atoms with van der Waals surface area (Å²) in [6, 6.07) is 2.24. The van der Waals surface area contributed by atoms with Gasteiger partial charge in [0, 0.05) is 16.3 Å². The van der Waals surface area contributed by atoms with Gasteiger partial charge in [-0.05, 0) is 18.5 Å². The second kappa shape index (κ2) is 3.49. The third-order valence-electron chi connectivity index (χ3n) is 2.14. The Bertz CT molecular complexity index is 607. The highest BCUT2D eigenvalue weighted by molar-refractivity contribution is 7.07. The highest BCUT2D eigenvalue weighted by Gasteiger charge is 2.22. The Morgan fingerprint density at radius 3 is 2.50 bits per heavy atom. The molecule has 1 aromatic heterocycles. The first-order valence-electron chi connectivity index (χ1n) is 4.19. The van der Waals surface area contributed by atoms with Crippen LogP contribution >= 0.6 is 11.5 Å². The number of hydrogen-bond donors (Lipinski definition) is 0. The summed E-state index contributed by atoms with van der Waals surface area (Å²) in [5.74, 6) is 0. The molecule has 0 fully saturated rings. The SMILES string of the molecule is Cc1snc2c([N+](=O)[O-])cc([N+](=O)[O-])cc12. The Balaban J connectivity index is 2.86. The largest absolute Gasteiger partial charge is 0.303 e. The summed E-state index contributed by atoms with van der Waals surface area (Å²) < 4.78 is 3.92. The molecule has 0 aliphatic carbocycles. The van der Waals surface area contributed by atoms with Crippen LogP contribution in [-0.2, 0) is 0 Å². The van der Waals surface area contributed by atoms with Gasteiger partial charge in [0.1, 0.15) is 0 Å². The van der Waals surface area contributed by atoms with E-state index in [0.29, 0.717) is 5.39 Å². The molecule has 1 aromatic carbocycles. The molecule has 1 heterocycles. The summed E-state index contributed by atoms with van der Waals surface area (Å²) >= 11 is 1.09. The molecule has 0 spiro atoms. The summed E-state index contributed by atoms with van der Waals surface area (Å²) in [4.78, 5) is 20.8. The summed E-state index contributed by atoms with van der Waals surface area (Å²) in [5.41, 5.74) is -0.408. The number of nitrogens with zero attached hydrogens (tertiary/aromatic N) is 3. The predicted octanol–water partition coefficient (Wildman–Crippen LogP) is 2.42. The summed E-state index contributed by atoms with van der Waals surface area (Å²) in [7, 11) is 0. The van der Waals surface area contributed by atoms with Gasteiger partial charge in [0.05, 0.1) is 15.9 Å². The zero-order valence-corrected chi connectivity index (χ0v) is 8.85. The number of aromatic nitrogens is 1. The van der Waals surface area contributed by atoms with Crippen LogP contribution in [0.3, 0.4) is 0 Å². The lowest BCUT2D eigenvalue weighted by Gasteiger charge is -1.95. The van der Waals surface area contributed by atoms with Crippen LogP contribution in [0, 0.1) is 27.2 Å². The molecule has 0 atom stereocenters. The van der Waals surface area contributed by atoms with E-state index in [4.69, 9.17) is 0 Å². The van der Waals surface area contributed by atoms with Crippen LogP contribution in [0.1, 0.15) is 4.88 Å². The molecular formula is C8H5N3O4S. The Morgan fingerprint density at radius 1 is 1.25 bits per heavy atom. The second-order valence-corrected chi connectivity index (χ2v) is 4.09. The van der Waals surface area contributed by atoms with E-state index < -0.39 is 9.85 Å². The van der Waals surface area contributed by atoms with Crippen molar-refractivity contribution in [1.29, 1.82) is 0 Å². The standard InChI is InChI=1S/C8H5N3O4S/c1-4-6-2-5(10(12)13)3-7(11(14)15)8(6)9-16-4/h2-3H,1H3. The highest BCUT2D eigenvalue weighted by atomic mass is 32.1. The first kappa shape index (κ1) is 10.4. The van der Waals surface area contributed by atoms with Crippen molar-refractivity contribution in [2.75, 3.05) is 0 Å². The molecule has 0 saturated carbocycles. The van der Waals surface area contributed by atoms with Crippen molar-refractivity contribution in [3.8, 4) is 0 Å². The molecule has 0 amide bonds. The summed E-state index contributed by atoms with van der Waals surface area (Å²) in [6.45, 7) is 1.72. The Morgan fingerprint density at radius 2 is 1.94 bits per heavy atom. The van der Waals surface area contributed by atoms with Crippen molar-refractivity contribution in [3.05, 3.63) is 37.2 Å². The van der Waals surface area contributed by atoms with E-state index >= 15 is 0 Å². The molecule has 0 aliphatic rings. The summed E-state index contributed by atoms with van der Waals surface area (Å²) in [5, 5.41) is 21.8. The van der Waals surface area contributed by atoms with Crippen LogP contribution < -0.4 is 0 Å². The minimum atomic E-state index is -0.658. The molecule has 0 saturated heterocycles. The van der Waals surface area contributed by atoms with E-state index in [1.165, 1.54) is 6.07 Å². The lowest BCUT2D eigenvalue weighted by Crippen LogP contribution is -1.93. The molecule has 0 N–H and O–H groups in total. The molecule has 7 nitrogen and oxygen atoms in total. The maximum atomic E-state index is 10.7. The van der Waals surface area contributed by atoms with Gasteiger partial charge in [0.15, 0.2) is 5.52 Å². The van der Waals surface area contributed by atoms with E-state index in [0.717, 1.165) is 22.5 Å². The fourth-order valence-corrected chi connectivity index (χ4v) is 2.05. The number of benzene rings is 1. The van der Waals surface area contributed by atoms with Gasteiger partial charge in [-0.1, -0.05) is 0 Å². The molecule has 0 unspecified atom stereocenters. The summed E-state index contributed by atoms with van der Waals surface area (Å²) in [6.07, 6.45) is 0. The zero-order chi connectivity index (χ0) is 11.9. The second-order valence-electron chi connectivity index (χ2n) is 3.11. The minimum Gasteiger partial charge on any atom is -0.258 e. The van der Waals surface area contributed by atoms with Crippen molar-refractivity contribution in [2.24, 2.45) is 0 Å². The Hall–Kier alpha value is -2.09. The lowest BCUT2D eigenvalue weighted by atomic mass is 10.2. The van der Waals surface area contributed by atoms with E-state index in [1.807, 2.05) is 0 Å². The third-order valence-corrected chi connectivity index (χ3v) is 2.90. The number of rotatable bonds is 2. The van der Waals surface area contributed by atoms with E-state index in [1.54, 1.807) is 6.92 Å². The smallest absolute Gasteiger partial charge is 0.258 e. The van der Waals surface area contributed by atoms with Gasteiger partial charge in [0.2, 0.25) is 0 Å². The predicted molar refractivity (Wildman–Crippen MR) is 57.7 cm³/mol. The molecule has 82 valence electrons. The van der Waals surface area contributed by atoms with Gasteiger partial charge in [-0.15, -0.1) is 0 Å². The van der Waals surface area contributed by atoms with Crippen molar-refractivity contribution < 1.29 is 9.85 Å². The molecule has 0 aliphatic heterocycles. The monoisotopic (exact) mass is 239 g/mol. The molecule has 0 bridgehead atoms. The van der Waals surface area contributed by atoms with Crippen molar-refractivity contribution in [1.82, 2.24) is 4.37 Å². The molecule has 2 rings (SSSR count). The van der Waals surface area contributed by atoms with Crippen LogP contribution in [-0.4, -0.2) is 14.2 Å². The van der Waals surface area contributed by atoms with Crippen molar-refractivity contribution in [3.63, 3.8) is 0 Å². The van der Waals surface area contributed by atoms with Crippen molar-refractivity contribution in [2.45, 2.75) is 6.92 Å². The van der Waals surface area contributed by atoms with Crippen LogP contribution in [0.4, 0.5) is 11.4 Å². The molecule has 2 aromatic rings. The normalized spacial score (nSPS) is 10.6. The number of non-ortho nitro benzene ring substituents is 2. The number of nitro benzene ring substituents is 2. The lowest BCUT2D eigenvalue weighted by molar-refractivity contribution is -0.393. The third kappa shape index (κ3) is 1.48. The quantitative estimate of drug-likeness (QED) is 0.591. The van der Waals surface area contributed by atoms with Crippen LogP contribution in [0.5, 0.6) is 0 Å². The number of fused-ring (bicyclic) bond motifs is 1. The van der Waals surface area contributed by atoms with E-state index in [2.05, 4.69) is 4.37 Å². The van der Waals surface area contributed by atoms with Crippen LogP contribution in [0.2, 0.25) is 0 Å². The molecular weight excluding hydrogens is 234 g/mol. The fourth-order valence-electron chi connectivity index (χ4n) is 1.38. The van der Waals surface area contributed by atoms with Crippen LogP contribution in [0.25, 0.3) is 10.9 Å². The number of aryl methyl sites for hydroxylation is 1. The fraction of sp³-hybridized carbons (Fsp3) is 0.125. The minimum absolute atomic E-state index is 0.207. The highest BCUT2D eigenvalue weighted by Crippen LogP contribution is 2.33.